The van der Waals surface area contributed by atoms with Crippen molar-refractivity contribution in [2.24, 2.45) is 0 Å². The number of phenolic OH excluding ortho intramolecular Hbond substituents is 1. The molecule has 1 aliphatic rings. The van der Waals surface area contributed by atoms with Crippen LogP contribution in [-0.2, 0) is 5.41 Å². The van der Waals surface area contributed by atoms with E-state index in [0.29, 0.717) is 16.7 Å². The van der Waals surface area contributed by atoms with Gasteiger partial charge in [0.1, 0.15) is 5.75 Å². The topological polar surface area (TPSA) is 20.2 Å². The van der Waals surface area contributed by atoms with Gasteiger partial charge in [-0.25, -0.2) is 0 Å². The second-order valence-corrected chi connectivity index (χ2v) is 5.51. The maximum Gasteiger partial charge on any atom is 0.120 e. The average Bonchev–Trinajstić information content (AvgIpc) is 2.83. The molecular formula is C13H17ClO. The van der Waals surface area contributed by atoms with Gasteiger partial charge in [-0.05, 0) is 47.4 Å². The predicted octanol–water partition coefficient (Wildman–Crippen LogP) is 4.22. The minimum absolute atomic E-state index is 0.258. The lowest BCUT2D eigenvalue weighted by Gasteiger charge is -2.16. The number of phenols is 1. The first kappa shape index (κ1) is 10.8. The molecule has 1 saturated carbocycles. The van der Waals surface area contributed by atoms with Gasteiger partial charge in [-0.15, -0.1) is 0 Å². The third-order valence-electron chi connectivity index (χ3n) is 3.39. The van der Waals surface area contributed by atoms with Gasteiger partial charge in [-0.1, -0.05) is 32.4 Å². The van der Waals surface area contributed by atoms with Crippen molar-refractivity contribution in [1.82, 2.24) is 0 Å². The van der Waals surface area contributed by atoms with Gasteiger partial charge in [0.05, 0.1) is 0 Å². The van der Waals surface area contributed by atoms with Crippen LogP contribution < -0.4 is 0 Å². The average molecular weight is 225 g/mol. The highest BCUT2D eigenvalue weighted by molar-refractivity contribution is 6.31. The van der Waals surface area contributed by atoms with E-state index in [4.69, 9.17) is 11.6 Å². The Hall–Kier alpha value is -0.690. The molecule has 2 rings (SSSR count). The maximum absolute atomic E-state index is 9.79. The lowest BCUT2D eigenvalue weighted by atomic mass is 9.92. The van der Waals surface area contributed by atoms with Gasteiger partial charge in [-0.2, -0.15) is 0 Å². The molecule has 1 aliphatic carbocycles. The second-order valence-electron chi connectivity index (χ2n) is 5.11. The summed E-state index contributed by atoms with van der Waals surface area (Å²) < 4.78 is 0. The van der Waals surface area contributed by atoms with Crippen LogP contribution in [0.5, 0.6) is 5.75 Å². The Morgan fingerprint density at radius 2 is 1.93 bits per heavy atom. The van der Waals surface area contributed by atoms with Crippen molar-refractivity contribution >= 4 is 11.6 Å². The molecule has 0 bridgehead atoms. The van der Waals surface area contributed by atoms with E-state index in [1.165, 1.54) is 18.4 Å². The van der Waals surface area contributed by atoms with Crippen LogP contribution in [0, 0.1) is 0 Å². The number of aromatic hydroxyl groups is 1. The Morgan fingerprint density at radius 3 is 2.40 bits per heavy atom. The van der Waals surface area contributed by atoms with Gasteiger partial charge in [0.2, 0.25) is 0 Å². The zero-order valence-electron chi connectivity index (χ0n) is 9.47. The molecule has 0 amide bonds. The highest BCUT2D eigenvalue weighted by Crippen LogP contribution is 2.51. The molecular weight excluding hydrogens is 208 g/mol. The summed E-state index contributed by atoms with van der Waals surface area (Å²) in [6.45, 7) is 6.40. The number of rotatable bonds is 2. The molecule has 0 aromatic heterocycles. The molecule has 0 spiro atoms. The van der Waals surface area contributed by atoms with Crippen LogP contribution in [-0.4, -0.2) is 5.11 Å². The smallest absolute Gasteiger partial charge is 0.120 e. The summed E-state index contributed by atoms with van der Waals surface area (Å²) in [5, 5.41) is 10.5. The van der Waals surface area contributed by atoms with Crippen molar-refractivity contribution in [1.29, 1.82) is 0 Å². The normalized spacial score (nSPS) is 18.2. The van der Waals surface area contributed by atoms with Crippen LogP contribution in [0.3, 0.4) is 0 Å². The number of benzene rings is 1. The standard InChI is InChI=1S/C13H17ClO/c1-8(2)9-6-10(13(3)4-5-13)11(14)7-12(9)15/h6-8,15H,4-5H2,1-3H3. The van der Waals surface area contributed by atoms with E-state index in [9.17, 15) is 5.11 Å². The number of halogens is 1. The fourth-order valence-electron chi connectivity index (χ4n) is 1.96. The summed E-state index contributed by atoms with van der Waals surface area (Å²) in [7, 11) is 0. The molecule has 0 atom stereocenters. The van der Waals surface area contributed by atoms with Gasteiger partial charge in [0, 0.05) is 5.02 Å². The van der Waals surface area contributed by atoms with E-state index in [1.807, 2.05) is 0 Å². The van der Waals surface area contributed by atoms with Crippen LogP contribution in [0.1, 0.15) is 50.7 Å². The number of hydrogen-bond donors (Lipinski definition) is 1. The third kappa shape index (κ3) is 1.85. The van der Waals surface area contributed by atoms with Gasteiger partial charge in [-0.3, -0.25) is 0 Å². The maximum atomic E-state index is 9.79. The lowest BCUT2D eigenvalue weighted by Crippen LogP contribution is -2.03. The quantitative estimate of drug-likeness (QED) is 0.798. The van der Waals surface area contributed by atoms with Crippen LogP contribution in [0.25, 0.3) is 0 Å². The summed E-state index contributed by atoms with van der Waals surface area (Å²) in [6, 6.07) is 3.77. The van der Waals surface area contributed by atoms with Crippen molar-refractivity contribution < 1.29 is 5.11 Å². The van der Waals surface area contributed by atoms with Crippen LogP contribution >= 0.6 is 11.6 Å². The van der Waals surface area contributed by atoms with Crippen LogP contribution in [0.2, 0.25) is 5.02 Å². The van der Waals surface area contributed by atoms with Crippen molar-refractivity contribution in [2.75, 3.05) is 0 Å². The van der Waals surface area contributed by atoms with Gasteiger partial charge >= 0.3 is 0 Å². The summed E-state index contributed by atoms with van der Waals surface area (Å²) in [4.78, 5) is 0. The highest BCUT2D eigenvalue weighted by atomic mass is 35.5. The molecule has 1 fully saturated rings. The van der Waals surface area contributed by atoms with E-state index in [0.717, 1.165) is 5.56 Å². The van der Waals surface area contributed by atoms with Gasteiger partial charge in [0.15, 0.2) is 0 Å². The summed E-state index contributed by atoms with van der Waals surface area (Å²) in [5.41, 5.74) is 2.46. The van der Waals surface area contributed by atoms with Crippen molar-refractivity contribution in [2.45, 2.75) is 44.9 Å². The van der Waals surface area contributed by atoms with E-state index >= 15 is 0 Å². The molecule has 1 aromatic rings. The SMILES string of the molecule is CC(C)c1cc(C2(C)CC2)c(Cl)cc1O. The molecule has 1 N–H and O–H groups in total. The Balaban J connectivity index is 2.51. The Labute approximate surface area is 96.1 Å². The molecule has 0 saturated heterocycles. The van der Waals surface area contributed by atoms with Crippen molar-refractivity contribution in [3.8, 4) is 5.75 Å². The van der Waals surface area contributed by atoms with E-state index < -0.39 is 0 Å². The lowest BCUT2D eigenvalue weighted by molar-refractivity contribution is 0.464. The molecule has 15 heavy (non-hydrogen) atoms. The first-order chi connectivity index (χ1) is 6.94. The fraction of sp³-hybridized carbons (Fsp3) is 0.538. The van der Waals surface area contributed by atoms with Crippen LogP contribution in [0.15, 0.2) is 12.1 Å². The van der Waals surface area contributed by atoms with Crippen molar-refractivity contribution in [3.63, 3.8) is 0 Å². The zero-order valence-corrected chi connectivity index (χ0v) is 10.2. The van der Waals surface area contributed by atoms with E-state index in [1.54, 1.807) is 6.07 Å². The third-order valence-corrected chi connectivity index (χ3v) is 3.70. The molecule has 82 valence electrons. The molecule has 0 heterocycles. The second kappa shape index (κ2) is 3.41. The molecule has 0 radical (unpaired) electrons. The summed E-state index contributed by atoms with van der Waals surface area (Å²) >= 11 is 6.17. The molecule has 0 aliphatic heterocycles. The van der Waals surface area contributed by atoms with E-state index in [-0.39, 0.29) is 5.41 Å². The Bertz CT molecular complexity index is 392. The van der Waals surface area contributed by atoms with Crippen LogP contribution in [0.4, 0.5) is 0 Å². The first-order valence-electron chi connectivity index (χ1n) is 5.47. The molecule has 0 unspecified atom stereocenters. The zero-order chi connectivity index (χ0) is 11.2. The largest absolute Gasteiger partial charge is 0.508 e. The minimum atomic E-state index is 0.258. The monoisotopic (exact) mass is 224 g/mol. The summed E-state index contributed by atoms with van der Waals surface area (Å²) in [5.74, 6) is 0.659. The Morgan fingerprint density at radius 1 is 1.33 bits per heavy atom. The van der Waals surface area contributed by atoms with E-state index in [2.05, 4.69) is 26.8 Å². The predicted molar refractivity (Wildman–Crippen MR) is 63.8 cm³/mol. The number of hydrogen-bond acceptors (Lipinski definition) is 1. The first-order valence-corrected chi connectivity index (χ1v) is 5.85. The van der Waals surface area contributed by atoms with Crippen molar-refractivity contribution in [3.05, 3.63) is 28.3 Å². The Kier molecular flexibility index (Phi) is 2.46. The molecule has 1 aromatic carbocycles. The summed E-state index contributed by atoms with van der Waals surface area (Å²) in [6.07, 6.45) is 2.41. The fourth-order valence-corrected chi connectivity index (χ4v) is 2.35. The highest BCUT2D eigenvalue weighted by Gasteiger charge is 2.40. The molecule has 2 heteroatoms. The minimum Gasteiger partial charge on any atom is -0.508 e. The van der Waals surface area contributed by atoms with Gasteiger partial charge in [0.25, 0.3) is 0 Å². The molecule has 1 nitrogen and oxygen atoms in total. The van der Waals surface area contributed by atoms with Gasteiger partial charge < -0.3 is 5.11 Å².